The van der Waals surface area contributed by atoms with E-state index in [2.05, 4.69) is 25.6 Å². The predicted octanol–water partition coefficient (Wildman–Crippen LogP) is 2.02. The van der Waals surface area contributed by atoms with Gasteiger partial charge in [-0.1, -0.05) is 23.7 Å². The molecule has 0 unspecified atom stereocenters. The van der Waals surface area contributed by atoms with E-state index in [4.69, 9.17) is 11.6 Å². The third kappa shape index (κ3) is 3.45. The number of halogens is 1. The molecule has 2 aromatic rings. The van der Waals surface area contributed by atoms with E-state index in [-0.39, 0.29) is 11.9 Å². The second-order valence-electron chi connectivity index (χ2n) is 5.38. The molecule has 2 heterocycles. The number of rotatable bonds is 5. The number of nitrogens with zero attached hydrogens (tertiary/aromatic N) is 3. The number of nitrogens with one attached hydrogen (secondary N) is 2. The molecular formula is C15H18ClN5O. The molecule has 1 aromatic heterocycles. The van der Waals surface area contributed by atoms with Crippen molar-refractivity contribution >= 4 is 17.5 Å². The van der Waals surface area contributed by atoms with Gasteiger partial charge in [0.05, 0.1) is 12.2 Å². The molecule has 1 atom stereocenters. The van der Waals surface area contributed by atoms with Gasteiger partial charge in [0.2, 0.25) is 0 Å². The van der Waals surface area contributed by atoms with Gasteiger partial charge in [0.25, 0.3) is 5.91 Å². The number of benzene rings is 1. The van der Waals surface area contributed by atoms with Gasteiger partial charge in [-0.2, -0.15) is 15.4 Å². The van der Waals surface area contributed by atoms with Crippen LogP contribution in [0.15, 0.2) is 30.5 Å². The SMILES string of the molecule is O=C(NC[C@@H](c1ccc(Cl)cc1)N1CCCC1)c1cn[nH]n1. The van der Waals surface area contributed by atoms with E-state index in [1.54, 1.807) is 0 Å². The number of hydrogen-bond donors (Lipinski definition) is 2. The van der Waals surface area contributed by atoms with E-state index in [9.17, 15) is 4.79 Å². The van der Waals surface area contributed by atoms with Gasteiger partial charge in [-0.15, -0.1) is 0 Å². The molecule has 0 saturated carbocycles. The Morgan fingerprint density at radius 1 is 1.32 bits per heavy atom. The highest BCUT2D eigenvalue weighted by molar-refractivity contribution is 6.30. The number of carbonyl (C=O) groups is 1. The molecule has 1 aliphatic heterocycles. The van der Waals surface area contributed by atoms with Crippen LogP contribution in [0.4, 0.5) is 0 Å². The van der Waals surface area contributed by atoms with E-state index in [1.165, 1.54) is 19.0 Å². The zero-order valence-corrected chi connectivity index (χ0v) is 12.9. The van der Waals surface area contributed by atoms with E-state index >= 15 is 0 Å². The first-order chi connectivity index (χ1) is 10.7. The summed E-state index contributed by atoms with van der Waals surface area (Å²) in [5.74, 6) is -0.216. The van der Waals surface area contributed by atoms with Crippen molar-refractivity contribution < 1.29 is 4.79 Å². The summed E-state index contributed by atoms with van der Waals surface area (Å²) in [4.78, 5) is 14.4. The molecule has 22 heavy (non-hydrogen) atoms. The van der Waals surface area contributed by atoms with Gasteiger partial charge >= 0.3 is 0 Å². The minimum atomic E-state index is -0.216. The fourth-order valence-corrected chi connectivity index (χ4v) is 2.91. The maximum absolute atomic E-state index is 12.0. The van der Waals surface area contributed by atoms with Crippen molar-refractivity contribution in [1.82, 2.24) is 25.6 Å². The Morgan fingerprint density at radius 3 is 2.68 bits per heavy atom. The largest absolute Gasteiger partial charge is 0.349 e. The van der Waals surface area contributed by atoms with Crippen molar-refractivity contribution in [1.29, 1.82) is 0 Å². The highest BCUT2D eigenvalue weighted by Crippen LogP contribution is 2.25. The maximum atomic E-state index is 12.0. The van der Waals surface area contributed by atoms with Crippen LogP contribution in [-0.2, 0) is 0 Å². The quantitative estimate of drug-likeness (QED) is 0.884. The first-order valence-corrected chi connectivity index (χ1v) is 7.75. The number of hydrogen-bond acceptors (Lipinski definition) is 4. The van der Waals surface area contributed by atoms with Crippen LogP contribution in [0.2, 0.25) is 5.02 Å². The molecule has 7 heteroatoms. The van der Waals surface area contributed by atoms with Gasteiger partial charge in [0.1, 0.15) is 0 Å². The smallest absolute Gasteiger partial charge is 0.273 e. The van der Waals surface area contributed by atoms with E-state index in [1.807, 2.05) is 24.3 Å². The van der Waals surface area contributed by atoms with E-state index in [0.717, 1.165) is 23.7 Å². The lowest BCUT2D eigenvalue weighted by atomic mass is 10.1. The molecule has 0 radical (unpaired) electrons. The molecule has 3 rings (SSSR count). The number of likely N-dealkylation sites (tertiary alicyclic amines) is 1. The Labute approximate surface area is 133 Å². The Kier molecular flexibility index (Phi) is 4.70. The Hall–Kier alpha value is -1.92. The lowest BCUT2D eigenvalue weighted by molar-refractivity contribution is 0.0933. The second-order valence-corrected chi connectivity index (χ2v) is 5.81. The molecule has 6 nitrogen and oxygen atoms in total. The lowest BCUT2D eigenvalue weighted by Crippen LogP contribution is -2.36. The Balaban J connectivity index is 1.71. The standard InChI is InChI=1S/C15H18ClN5O/c16-12-5-3-11(4-6-12)14(21-7-1-2-8-21)10-17-15(22)13-9-18-20-19-13/h3-6,9,14H,1-2,7-8,10H2,(H,17,22)(H,18,19,20)/t14-/m0/s1. The third-order valence-corrected chi connectivity index (χ3v) is 4.19. The predicted molar refractivity (Wildman–Crippen MR) is 83.7 cm³/mol. The van der Waals surface area contributed by atoms with Gasteiger partial charge in [-0.3, -0.25) is 9.69 Å². The van der Waals surface area contributed by atoms with Crippen molar-refractivity contribution in [2.24, 2.45) is 0 Å². The summed E-state index contributed by atoms with van der Waals surface area (Å²) >= 11 is 5.97. The molecule has 0 spiro atoms. The summed E-state index contributed by atoms with van der Waals surface area (Å²) in [5.41, 5.74) is 1.46. The first kappa shape index (κ1) is 15.0. The summed E-state index contributed by atoms with van der Waals surface area (Å²) < 4.78 is 0. The summed E-state index contributed by atoms with van der Waals surface area (Å²) in [6.07, 6.45) is 3.81. The Morgan fingerprint density at radius 2 is 2.05 bits per heavy atom. The molecule has 1 fully saturated rings. The first-order valence-electron chi connectivity index (χ1n) is 7.37. The average molecular weight is 320 g/mol. The number of H-pyrrole nitrogens is 1. The van der Waals surface area contributed by atoms with Crippen molar-refractivity contribution in [2.45, 2.75) is 18.9 Å². The molecule has 1 aromatic carbocycles. The van der Waals surface area contributed by atoms with Crippen LogP contribution in [0.1, 0.15) is 34.9 Å². The molecule has 2 N–H and O–H groups in total. The fourth-order valence-electron chi connectivity index (χ4n) is 2.79. The lowest BCUT2D eigenvalue weighted by Gasteiger charge is -2.28. The normalized spacial score (nSPS) is 16.6. The number of carbonyl (C=O) groups excluding carboxylic acids is 1. The van der Waals surface area contributed by atoms with Crippen LogP contribution < -0.4 is 5.32 Å². The molecule has 1 saturated heterocycles. The molecular weight excluding hydrogens is 302 g/mol. The molecule has 1 aliphatic rings. The van der Waals surface area contributed by atoms with Crippen LogP contribution in [0.3, 0.4) is 0 Å². The maximum Gasteiger partial charge on any atom is 0.273 e. The van der Waals surface area contributed by atoms with Crippen LogP contribution in [0.25, 0.3) is 0 Å². The van der Waals surface area contributed by atoms with Gasteiger partial charge in [0, 0.05) is 11.6 Å². The third-order valence-electron chi connectivity index (χ3n) is 3.94. The highest BCUT2D eigenvalue weighted by atomic mass is 35.5. The van der Waals surface area contributed by atoms with Gasteiger partial charge in [0.15, 0.2) is 5.69 Å². The van der Waals surface area contributed by atoms with Crippen LogP contribution >= 0.6 is 11.6 Å². The van der Waals surface area contributed by atoms with Crippen LogP contribution in [-0.4, -0.2) is 45.9 Å². The highest BCUT2D eigenvalue weighted by Gasteiger charge is 2.24. The molecule has 0 aliphatic carbocycles. The zero-order valence-electron chi connectivity index (χ0n) is 12.1. The van der Waals surface area contributed by atoms with E-state index < -0.39 is 0 Å². The van der Waals surface area contributed by atoms with Gasteiger partial charge in [-0.05, 0) is 43.6 Å². The van der Waals surface area contributed by atoms with Gasteiger partial charge < -0.3 is 5.32 Å². The molecule has 1 amide bonds. The van der Waals surface area contributed by atoms with Crippen LogP contribution in [0.5, 0.6) is 0 Å². The minimum absolute atomic E-state index is 0.149. The summed E-state index contributed by atoms with van der Waals surface area (Å²) in [6.45, 7) is 2.63. The van der Waals surface area contributed by atoms with E-state index in [0.29, 0.717) is 12.2 Å². The molecule has 116 valence electrons. The van der Waals surface area contributed by atoms with Crippen molar-refractivity contribution in [3.63, 3.8) is 0 Å². The monoisotopic (exact) mass is 319 g/mol. The van der Waals surface area contributed by atoms with Crippen molar-refractivity contribution in [3.05, 3.63) is 46.7 Å². The Bertz CT molecular complexity index is 607. The zero-order chi connectivity index (χ0) is 15.4. The molecule has 0 bridgehead atoms. The second kappa shape index (κ2) is 6.89. The summed E-state index contributed by atoms with van der Waals surface area (Å²) in [5, 5.41) is 13.6. The number of amides is 1. The van der Waals surface area contributed by atoms with Crippen molar-refractivity contribution in [2.75, 3.05) is 19.6 Å². The summed E-state index contributed by atoms with van der Waals surface area (Å²) in [6, 6.07) is 7.97. The van der Waals surface area contributed by atoms with Gasteiger partial charge in [-0.25, -0.2) is 0 Å². The minimum Gasteiger partial charge on any atom is -0.349 e. The van der Waals surface area contributed by atoms with Crippen LogP contribution in [0, 0.1) is 0 Å². The fraction of sp³-hybridized carbons (Fsp3) is 0.400. The topological polar surface area (TPSA) is 73.9 Å². The number of aromatic amines is 1. The van der Waals surface area contributed by atoms with Crippen molar-refractivity contribution in [3.8, 4) is 0 Å². The summed E-state index contributed by atoms with van der Waals surface area (Å²) in [7, 11) is 0. The number of aromatic nitrogens is 3. The average Bonchev–Trinajstić information content (AvgIpc) is 3.22.